The lowest BCUT2D eigenvalue weighted by atomic mass is 10.0. The first kappa shape index (κ1) is 10.1. The van der Waals surface area contributed by atoms with Gasteiger partial charge in [-0.2, -0.15) is 0 Å². The quantitative estimate of drug-likeness (QED) is 0.774. The molecule has 2 aromatic rings. The average molecular weight is 226 g/mol. The number of guanidine groups is 1. The number of nitrogens with one attached hydrogen (secondary N) is 1. The van der Waals surface area contributed by atoms with Crippen LogP contribution in [-0.2, 0) is 0 Å². The Labute approximate surface area is 99.6 Å². The molecule has 4 heteroatoms. The number of nitrogens with zero attached hydrogens (tertiary/aromatic N) is 2. The topological polar surface area (TPSA) is 63.3 Å². The maximum Gasteiger partial charge on any atom is 0.189 e. The van der Waals surface area contributed by atoms with Crippen LogP contribution in [0.1, 0.15) is 17.3 Å². The third-order valence-corrected chi connectivity index (χ3v) is 3.02. The molecule has 0 bridgehead atoms. The van der Waals surface area contributed by atoms with Crippen LogP contribution < -0.4 is 11.1 Å². The summed E-state index contributed by atoms with van der Waals surface area (Å²) in [6.45, 7) is 2.71. The van der Waals surface area contributed by atoms with Crippen molar-refractivity contribution in [3.8, 4) is 0 Å². The van der Waals surface area contributed by atoms with E-state index in [2.05, 4.69) is 33.5 Å². The Balaban J connectivity index is 2.00. The maximum absolute atomic E-state index is 5.62. The van der Waals surface area contributed by atoms with Crippen molar-refractivity contribution in [2.24, 2.45) is 10.7 Å². The molecule has 0 amide bonds. The SMILES string of the molecule is Cc1ccc2cc(C3CN=C(N)N3)ccc2n1. The lowest BCUT2D eigenvalue weighted by molar-refractivity contribution is 0.708. The Morgan fingerprint density at radius 2 is 2.18 bits per heavy atom. The maximum atomic E-state index is 5.62. The van der Waals surface area contributed by atoms with Crippen molar-refractivity contribution < 1.29 is 0 Å². The predicted octanol–water partition coefficient (Wildman–Crippen LogP) is 1.50. The lowest BCUT2D eigenvalue weighted by Gasteiger charge is -2.11. The molecule has 1 unspecified atom stereocenters. The van der Waals surface area contributed by atoms with E-state index in [4.69, 9.17) is 5.73 Å². The third-order valence-electron chi connectivity index (χ3n) is 3.02. The molecular weight excluding hydrogens is 212 g/mol. The number of fused-ring (bicyclic) bond motifs is 1. The van der Waals surface area contributed by atoms with Gasteiger partial charge in [-0.3, -0.25) is 9.98 Å². The monoisotopic (exact) mass is 226 g/mol. The molecule has 86 valence electrons. The third kappa shape index (κ3) is 1.82. The van der Waals surface area contributed by atoms with Crippen molar-refractivity contribution in [3.05, 3.63) is 41.6 Å². The highest BCUT2D eigenvalue weighted by atomic mass is 15.2. The molecule has 0 spiro atoms. The summed E-state index contributed by atoms with van der Waals surface area (Å²) in [5, 5.41) is 4.31. The molecule has 1 atom stereocenters. The number of hydrogen-bond acceptors (Lipinski definition) is 4. The Bertz CT molecular complexity index is 603. The molecule has 2 heterocycles. The Morgan fingerprint density at radius 1 is 1.29 bits per heavy atom. The largest absolute Gasteiger partial charge is 0.370 e. The first-order valence-corrected chi connectivity index (χ1v) is 5.66. The summed E-state index contributed by atoms with van der Waals surface area (Å²) in [6.07, 6.45) is 0. The van der Waals surface area contributed by atoms with Crippen LogP contribution in [0.15, 0.2) is 35.3 Å². The highest BCUT2D eigenvalue weighted by Crippen LogP contribution is 2.21. The van der Waals surface area contributed by atoms with Crippen LogP contribution in [0, 0.1) is 6.92 Å². The van der Waals surface area contributed by atoms with Gasteiger partial charge in [0.1, 0.15) is 0 Å². The summed E-state index contributed by atoms with van der Waals surface area (Å²) in [5.74, 6) is 0.525. The van der Waals surface area contributed by atoms with Crippen LogP contribution in [0.2, 0.25) is 0 Å². The fourth-order valence-electron chi connectivity index (χ4n) is 2.11. The summed E-state index contributed by atoms with van der Waals surface area (Å²) in [5.41, 5.74) is 8.89. The summed E-state index contributed by atoms with van der Waals surface area (Å²) in [7, 11) is 0. The van der Waals surface area contributed by atoms with Crippen molar-refractivity contribution in [2.45, 2.75) is 13.0 Å². The van der Waals surface area contributed by atoms with Crippen molar-refractivity contribution in [1.29, 1.82) is 0 Å². The normalized spacial score (nSPS) is 19.1. The zero-order valence-electron chi connectivity index (χ0n) is 9.64. The van der Waals surface area contributed by atoms with E-state index in [1.807, 2.05) is 19.1 Å². The Hall–Kier alpha value is -2.10. The van der Waals surface area contributed by atoms with Gasteiger partial charge in [0.05, 0.1) is 18.1 Å². The lowest BCUT2D eigenvalue weighted by Crippen LogP contribution is -2.29. The van der Waals surface area contributed by atoms with Gasteiger partial charge >= 0.3 is 0 Å². The highest BCUT2D eigenvalue weighted by Gasteiger charge is 2.17. The van der Waals surface area contributed by atoms with Crippen molar-refractivity contribution in [2.75, 3.05) is 6.54 Å². The molecule has 0 fully saturated rings. The molecule has 1 aliphatic heterocycles. The van der Waals surface area contributed by atoms with Crippen molar-refractivity contribution in [3.63, 3.8) is 0 Å². The van der Waals surface area contributed by atoms with E-state index in [-0.39, 0.29) is 6.04 Å². The van der Waals surface area contributed by atoms with Gasteiger partial charge in [-0.1, -0.05) is 12.1 Å². The van der Waals surface area contributed by atoms with Crippen LogP contribution in [0.3, 0.4) is 0 Å². The molecule has 4 nitrogen and oxygen atoms in total. The number of nitrogens with two attached hydrogens (primary N) is 1. The van der Waals surface area contributed by atoms with Crippen LogP contribution in [0.5, 0.6) is 0 Å². The minimum atomic E-state index is 0.195. The zero-order chi connectivity index (χ0) is 11.8. The van der Waals surface area contributed by atoms with Gasteiger partial charge in [0, 0.05) is 11.1 Å². The van der Waals surface area contributed by atoms with Crippen molar-refractivity contribution >= 4 is 16.9 Å². The van der Waals surface area contributed by atoms with E-state index < -0.39 is 0 Å². The van der Waals surface area contributed by atoms with Gasteiger partial charge in [-0.25, -0.2) is 0 Å². The number of aryl methyl sites for hydroxylation is 1. The molecule has 1 aromatic heterocycles. The highest BCUT2D eigenvalue weighted by molar-refractivity contribution is 5.82. The molecule has 0 radical (unpaired) electrons. The summed E-state index contributed by atoms with van der Waals surface area (Å²) in [4.78, 5) is 8.64. The second kappa shape index (κ2) is 3.73. The van der Waals surface area contributed by atoms with E-state index in [1.165, 1.54) is 5.56 Å². The van der Waals surface area contributed by atoms with Gasteiger partial charge in [0.2, 0.25) is 0 Å². The molecular formula is C13H14N4. The second-order valence-electron chi connectivity index (χ2n) is 4.33. The van der Waals surface area contributed by atoms with Crippen molar-refractivity contribution in [1.82, 2.24) is 10.3 Å². The Morgan fingerprint density at radius 3 is 2.94 bits per heavy atom. The van der Waals surface area contributed by atoms with Crippen LogP contribution >= 0.6 is 0 Å². The molecule has 3 N–H and O–H groups in total. The fourth-order valence-corrected chi connectivity index (χ4v) is 2.11. The van der Waals surface area contributed by atoms with E-state index in [0.29, 0.717) is 12.5 Å². The van der Waals surface area contributed by atoms with Gasteiger partial charge in [0.15, 0.2) is 5.96 Å². The summed E-state index contributed by atoms with van der Waals surface area (Å²) in [6, 6.07) is 10.6. The van der Waals surface area contributed by atoms with E-state index in [0.717, 1.165) is 16.6 Å². The summed E-state index contributed by atoms with van der Waals surface area (Å²) >= 11 is 0. The molecule has 3 rings (SSSR count). The van der Waals surface area contributed by atoms with Gasteiger partial charge in [-0.15, -0.1) is 0 Å². The van der Waals surface area contributed by atoms with Crippen LogP contribution in [-0.4, -0.2) is 17.5 Å². The predicted molar refractivity (Wildman–Crippen MR) is 68.8 cm³/mol. The summed E-state index contributed by atoms with van der Waals surface area (Å²) < 4.78 is 0. The number of aliphatic imine (C=N–C) groups is 1. The number of hydrogen-bond donors (Lipinski definition) is 2. The molecule has 17 heavy (non-hydrogen) atoms. The van der Waals surface area contributed by atoms with Gasteiger partial charge in [-0.05, 0) is 30.7 Å². The number of pyridine rings is 1. The van der Waals surface area contributed by atoms with Gasteiger partial charge in [0.25, 0.3) is 0 Å². The smallest absolute Gasteiger partial charge is 0.189 e. The number of rotatable bonds is 1. The van der Waals surface area contributed by atoms with E-state index in [9.17, 15) is 0 Å². The molecule has 1 aromatic carbocycles. The average Bonchev–Trinajstić information content (AvgIpc) is 2.75. The molecule has 0 saturated carbocycles. The molecule has 0 saturated heterocycles. The van der Waals surface area contributed by atoms with Crippen LogP contribution in [0.4, 0.5) is 0 Å². The molecule has 0 aliphatic carbocycles. The Kier molecular flexibility index (Phi) is 2.21. The first-order chi connectivity index (χ1) is 8.22. The van der Waals surface area contributed by atoms with E-state index >= 15 is 0 Å². The zero-order valence-corrected chi connectivity index (χ0v) is 9.64. The minimum Gasteiger partial charge on any atom is -0.370 e. The fraction of sp³-hybridized carbons (Fsp3) is 0.231. The molecule has 1 aliphatic rings. The first-order valence-electron chi connectivity index (χ1n) is 5.66. The number of aromatic nitrogens is 1. The van der Waals surface area contributed by atoms with E-state index in [1.54, 1.807) is 0 Å². The van der Waals surface area contributed by atoms with Gasteiger partial charge < -0.3 is 11.1 Å². The van der Waals surface area contributed by atoms with Crippen LogP contribution in [0.25, 0.3) is 10.9 Å². The number of benzene rings is 1. The second-order valence-corrected chi connectivity index (χ2v) is 4.33. The standard InChI is InChI=1S/C13H14N4/c1-8-2-3-9-6-10(4-5-11(9)16-8)12-7-15-13(14)17-12/h2-6,12H,7H2,1H3,(H3,14,15,17). The minimum absolute atomic E-state index is 0.195.